The van der Waals surface area contributed by atoms with Crippen LogP contribution in [-0.2, 0) is 6.42 Å². The van der Waals surface area contributed by atoms with Crippen LogP contribution in [0.1, 0.15) is 11.1 Å². The van der Waals surface area contributed by atoms with Crippen molar-refractivity contribution in [2.24, 2.45) is 0 Å². The Hall–Kier alpha value is -1.09. The van der Waals surface area contributed by atoms with Gasteiger partial charge in [-0.15, -0.1) is 0 Å². The number of ether oxygens (including phenoxy) is 1. The molecule has 0 fully saturated rings. The van der Waals surface area contributed by atoms with Crippen LogP contribution in [0.5, 0.6) is 5.75 Å². The summed E-state index contributed by atoms with van der Waals surface area (Å²) in [6.45, 7) is 0.943. The number of hydrogen-bond acceptors (Lipinski definition) is 2. The van der Waals surface area contributed by atoms with Gasteiger partial charge in [-0.1, -0.05) is 18.3 Å². The molecular formula is C10H11NOS. The molecule has 0 spiro atoms. The van der Waals surface area contributed by atoms with E-state index in [2.05, 4.69) is 11.4 Å². The first-order chi connectivity index (χ1) is 6.31. The molecule has 0 radical (unpaired) electrons. The third kappa shape index (κ3) is 1.52. The largest absolute Gasteiger partial charge is 0.497 e. The van der Waals surface area contributed by atoms with Gasteiger partial charge in [0.1, 0.15) is 10.7 Å². The van der Waals surface area contributed by atoms with E-state index in [1.165, 1.54) is 5.56 Å². The molecule has 0 atom stereocenters. The normalized spacial score (nSPS) is 14.7. The van der Waals surface area contributed by atoms with E-state index >= 15 is 0 Å². The lowest BCUT2D eigenvalue weighted by atomic mass is 10.0. The SMILES string of the molecule is COc1ccc2c(c1)C(=S)NCC2. The lowest BCUT2D eigenvalue weighted by molar-refractivity contribution is 0.414. The monoisotopic (exact) mass is 193 g/mol. The molecule has 0 saturated heterocycles. The lowest BCUT2D eigenvalue weighted by Crippen LogP contribution is -2.30. The Morgan fingerprint density at radius 3 is 3.08 bits per heavy atom. The van der Waals surface area contributed by atoms with E-state index in [9.17, 15) is 0 Å². The summed E-state index contributed by atoms with van der Waals surface area (Å²) in [6.07, 6.45) is 1.04. The summed E-state index contributed by atoms with van der Waals surface area (Å²) in [5.41, 5.74) is 2.42. The molecule has 3 heteroatoms. The summed E-state index contributed by atoms with van der Waals surface area (Å²) in [5, 5.41) is 3.17. The molecule has 0 saturated carbocycles. The minimum atomic E-state index is 0.833. The molecular weight excluding hydrogens is 182 g/mol. The highest BCUT2D eigenvalue weighted by Gasteiger charge is 2.13. The molecule has 1 aliphatic rings. The third-order valence-corrected chi connectivity index (χ3v) is 2.61. The Morgan fingerprint density at radius 1 is 1.46 bits per heavy atom. The highest BCUT2D eigenvalue weighted by atomic mass is 32.1. The van der Waals surface area contributed by atoms with Gasteiger partial charge in [0.15, 0.2) is 0 Å². The minimum Gasteiger partial charge on any atom is -0.497 e. The maximum Gasteiger partial charge on any atom is 0.119 e. The van der Waals surface area contributed by atoms with Gasteiger partial charge in [-0.2, -0.15) is 0 Å². The van der Waals surface area contributed by atoms with Crippen molar-refractivity contribution in [3.8, 4) is 5.75 Å². The van der Waals surface area contributed by atoms with Crippen molar-refractivity contribution >= 4 is 17.2 Å². The smallest absolute Gasteiger partial charge is 0.119 e. The van der Waals surface area contributed by atoms with Crippen LogP contribution >= 0.6 is 12.2 Å². The van der Waals surface area contributed by atoms with Gasteiger partial charge in [-0.3, -0.25) is 0 Å². The third-order valence-electron chi connectivity index (χ3n) is 2.24. The molecule has 13 heavy (non-hydrogen) atoms. The van der Waals surface area contributed by atoms with Crippen molar-refractivity contribution in [3.05, 3.63) is 29.3 Å². The number of benzene rings is 1. The Morgan fingerprint density at radius 2 is 2.31 bits per heavy atom. The summed E-state index contributed by atoms with van der Waals surface area (Å²) in [4.78, 5) is 0.833. The summed E-state index contributed by atoms with van der Waals surface area (Å²) >= 11 is 5.20. The maximum atomic E-state index is 5.20. The summed E-state index contributed by atoms with van der Waals surface area (Å²) in [7, 11) is 1.67. The molecule has 1 heterocycles. The highest BCUT2D eigenvalue weighted by Crippen LogP contribution is 2.20. The molecule has 1 aromatic carbocycles. The zero-order valence-corrected chi connectivity index (χ0v) is 8.28. The number of methoxy groups -OCH3 is 1. The van der Waals surface area contributed by atoms with Crippen molar-refractivity contribution < 1.29 is 4.74 Å². The highest BCUT2D eigenvalue weighted by molar-refractivity contribution is 7.80. The fourth-order valence-electron chi connectivity index (χ4n) is 1.52. The van der Waals surface area contributed by atoms with Gasteiger partial charge in [0.05, 0.1) is 7.11 Å². The van der Waals surface area contributed by atoms with Crippen LogP contribution in [0.3, 0.4) is 0 Å². The number of hydrogen-bond donors (Lipinski definition) is 1. The van der Waals surface area contributed by atoms with Gasteiger partial charge in [0.2, 0.25) is 0 Å². The molecule has 1 N–H and O–H groups in total. The standard InChI is InChI=1S/C10H11NOS/c1-12-8-3-2-7-4-5-11-10(13)9(7)6-8/h2-3,6H,4-5H2,1H3,(H,11,13). The summed E-state index contributed by atoms with van der Waals surface area (Å²) in [5.74, 6) is 0.866. The second-order valence-electron chi connectivity index (χ2n) is 3.03. The average molecular weight is 193 g/mol. The van der Waals surface area contributed by atoms with E-state index < -0.39 is 0 Å². The number of rotatable bonds is 1. The Balaban J connectivity index is 2.47. The van der Waals surface area contributed by atoms with Crippen LogP contribution in [0.2, 0.25) is 0 Å². The molecule has 68 valence electrons. The zero-order valence-electron chi connectivity index (χ0n) is 7.46. The first-order valence-electron chi connectivity index (χ1n) is 4.26. The summed E-state index contributed by atoms with van der Waals surface area (Å²) in [6, 6.07) is 6.05. The Kier molecular flexibility index (Phi) is 2.19. The van der Waals surface area contributed by atoms with Crippen LogP contribution in [0.15, 0.2) is 18.2 Å². The number of thiocarbonyl (C=S) groups is 1. The Labute approximate surface area is 82.9 Å². The maximum absolute atomic E-state index is 5.20. The van der Waals surface area contributed by atoms with Crippen LogP contribution < -0.4 is 10.1 Å². The van der Waals surface area contributed by atoms with Gasteiger partial charge in [0.25, 0.3) is 0 Å². The van der Waals surface area contributed by atoms with Crippen molar-refractivity contribution in [2.45, 2.75) is 6.42 Å². The molecule has 0 unspecified atom stereocenters. The molecule has 1 aromatic rings. The molecule has 0 amide bonds. The van der Waals surface area contributed by atoms with Crippen molar-refractivity contribution in [3.63, 3.8) is 0 Å². The molecule has 0 bridgehead atoms. The number of fused-ring (bicyclic) bond motifs is 1. The van der Waals surface area contributed by atoms with Gasteiger partial charge in [-0.25, -0.2) is 0 Å². The van der Waals surface area contributed by atoms with Gasteiger partial charge < -0.3 is 10.1 Å². The Bertz CT molecular complexity index is 349. The first kappa shape index (κ1) is 8.51. The fourth-order valence-corrected chi connectivity index (χ4v) is 1.81. The molecule has 2 rings (SSSR count). The second-order valence-corrected chi connectivity index (χ2v) is 3.44. The summed E-state index contributed by atoms with van der Waals surface area (Å²) < 4.78 is 5.14. The average Bonchev–Trinajstić information content (AvgIpc) is 2.18. The number of nitrogens with one attached hydrogen (secondary N) is 1. The van der Waals surface area contributed by atoms with Gasteiger partial charge in [0, 0.05) is 12.1 Å². The van der Waals surface area contributed by atoms with Crippen molar-refractivity contribution in [2.75, 3.05) is 13.7 Å². The molecule has 2 nitrogen and oxygen atoms in total. The van der Waals surface area contributed by atoms with Crippen LogP contribution in [-0.4, -0.2) is 18.6 Å². The quantitative estimate of drug-likeness (QED) is 0.683. The molecule has 1 aliphatic heterocycles. The predicted octanol–water partition coefficient (Wildman–Crippen LogP) is 1.52. The zero-order chi connectivity index (χ0) is 9.26. The van der Waals surface area contributed by atoms with E-state index in [-0.39, 0.29) is 0 Å². The van der Waals surface area contributed by atoms with E-state index in [0.717, 1.165) is 29.3 Å². The van der Waals surface area contributed by atoms with Crippen LogP contribution in [0.4, 0.5) is 0 Å². The topological polar surface area (TPSA) is 21.3 Å². The predicted molar refractivity (Wildman–Crippen MR) is 56.4 cm³/mol. The van der Waals surface area contributed by atoms with E-state index in [4.69, 9.17) is 17.0 Å². The van der Waals surface area contributed by atoms with E-state index in [1.807, 2.05) is 12.1 Å². The molecule has 0 aromatic heterocycles. The molecule has 0 aliphatic carbocycles. The first-order valence-corrected chi connectivity index (χ1v) is 4.67. The minimum absolute atomic E-state index is 0.833. The van der Waals surface area contributed by atoms with Crippen molar-refractivity contribution in [1.29, 1.82) is 0 Å². The fraction of sp³-hybridized carbons (Fsp3) is 0.300. The second kappa shape index (κ2) is 3.34. The van der Waals surface area contributed by atoms with Crippen LogP contribution in [0.25, 0.3) is 0 Å². The van der Waals surface area contributed by atoms with E-state index in [0.29, 0.717) is 0 Å². The van der Waals surface area contributed by atoms with E-state index in [1.54, 1.807) is 7.11 Å². The lowest BCUT2D eigenvalue weighted by Gasteiger charge is -2.19. The van der Waals surface area contributed by atoms with Gasteiger partial charge in [-0.05, 0) is 24.1 Å². The van der Waals surface area contributed by atoms with Gasteiger partial charge >= 0.3 is 0 Å². The van der Waals surface area contributed by atoms with Crippen molar-refractivity contribution in [1.82, 2.24) is 5.32 Å². The van der Waals surface area contributed by atoms with Crippen LogP contribution in [0, 0.1) is 0 Å².